The van der Waals surface area contributed by atoms with Crippen LogP contribution in [0, 0.1) is 17.3 Å². The van der Waals surface area contributed by atoms with Gasteiger partial charge in [0.1, 0.15) is 11.9 Å². The van der Waals surface area contributed by atoms with E-state index < -0.39 is 0 Å². The number of piperazine rings is 1. The molecule has 0 spiro atoms. The minimum absolute atomic E-state index is 0.0735. The first kappa shape index (κ1) is 21.9. The molecule has 2 unspecified atom stereocenters. The van der Waals surface area contributed by atoms with Crippen LogP contribution in [0.4, 0.5) is 0 Å². The van der Waals surface area contributed by atoms with Gasteiger partial charge in [-0.2, -0.15) is 0 Å². The lowest BCUT2D eigenvalue weighted by atomic mass is 9.69. The molecule has 2 heterocycles. The molecule has 1 N–H and O–H groups in total. The Morgan fingerprint density at radius 1 is 1.33 bits per heavy atom. The zero-order chi connectivity index (χ0) is 21.3. The summed E-state index contributed by atoms with van der Waals surface area (Å²) in [5.41, 5.74) is 4.79. The highest BCUT2D eigenvalue weighted by Gasteiger charge is 2.43. The fraction of sp³-hybridized carbons (Fsp3) is 0.692. The zero-order valence-electron chi connectivity index (χ0n) is 19.5. The van der Waals surface area contributed by atoms with E-state index in [0.29, 0.717) is 17.9 Å². The summed E-state index contributed by atoms with van der Waals surface area (Å²) in [5.74, 6) is 2.01. The summed E-state index contributed by atoms with van der Waals surface area (Å²) in [6.45, 7) is 14.4. The molecule has 3 atom stereocenters. The van der Waals surface area contributed by atoms with Crippen molar-refractivity contribution in [3.05, 3.63) is 46.8 Å². The molecule has 2 aliphatic heterocycles. The SMILES string of the molecule is COC1=CC(CN2CCN[C@H](C3=C(C(C)C)CCC=C3)C2)=CC2C1OCCC2(C)C. The van der Waals surface area contributed by atoms with Gasteiger partial charge in [0.2, 0.25) is 0 Å². The van der Waals surface area contributed by atoms with Crippen LogP contribution in [0.15, 0.2) is 46.8 Å². The molecular weight excluding hydrogens is 372 g/mol. The summed E-state index contributed by atoms with van der Waals surface area (Å²) in [6.07, 6.45) is 13.0. The summed E-state index contributed by atoms with van der Waals surface area (Å²) < 4.78 is 11.9. The van der Waals surface area contributed by atoms with Crippen molar-refractivity contribution in [2.75, 3.05) is 39.9 Å². The van der Waals surface area contributed by atoms with Crippen LogP contribution >= 0.6 is 0 Å². The molecule has 2 saturated heterocycles. The van der Waals surface area contributed by atoms with Crippen LogP contribution in [0.5, 0.6) is 0 Å². The van der Waals surface area contributed by atoms with Crippen molar-refractivity contribution in [3.63, 3.8) is 0 Å². The van der Waals surface area contributed by atoms with Crippen molar-refractivity contribution in [2.24, 2.45) is 17.3 Å². The third-order valence-corrected chi connectivity index (χ3v) is 7.50. The molecule has 4 heteroatoms. The van der Waals surface area contributed by atoms with Gasteiger partial charge < -0.3 is 14.8 Å². The van der Waals surface area contributed by atoms with E-state index in [9.17, 15) is 0 Å². The van der Waals surface area contributed by atoms with Gasteiger partial charge in [-0.15, -0.1) is 0 Å². The Bertz CT molecular complexity index is 759. The lowest BCUT2D eigenvalue weighted by molar-refractivity contribution is -0.0734. The van der Waals surface area contributed by atoms with Crippen LogP contribution in [0.3, 0.4) is 0 Å². The number of allylic oxidation sites excluding steroid dienone is 2. The van der Waals surface area contributed by atoms with Gasteiger partial charge >= 0.3 is 0 Å². The van der Waals surface area contributed by atoms with Crippen molar-refractivity contribution in [2.45, 2.75) is 59.1 Å². The first-order valence-corrected chi connectivity index (χ1v) is 11.8. The second-order valence-corrected chi connectivity index (χ2v) is 10.4. The highest BCUT2D eigenvalue weighted by atomic mass is 16.5. The molecule has 30 heavy (non-hydrogen) atoms. The van der Waals surface area contributed by atoms with Crippen molar-refractivity contribution in [1.82, 2.24) is 10.2 Å². The topological polar surface area (TPSA) is 33.7 Å². The number of nitrogens with zero attached hydrogens (tertiary/aromatic N) is 1. The standard InChI is InChI=1S/C26H40N2O2/c1-18(2)20-8-6-7-9-21(20)23-17-28(12-11-27-23)16-19-14-22-25(24(15-19)29-5)30-13-10-26(22,3)4/h7,9,14-15,18,22-23,25,27H,6,8,10-13,16-17H2,1-5H3/t22?,23-,25?/m0/s1. The molecule has 0 aromatic rings. The molecule has 0 amide bonds. The van der Waals surface area contributed by atoms with Crippen LogP contribution in [0.2, 0.25) is 0 Å². The Kier molecular flexibility index (Phi) is 6.57. The van der Waals surface area contributed by atoms with E-state index in [-0.39, 0.29) is 11.5 Å². The van der Waals surface area contributed by atoms with E-state index in [1.807, 2.05) is 0 Å². The maximum absolute atomic E-state index is 6.11. The summed E-state index contributed by atoms with van der Waals surface area (Å²) >= 11 is 0. The second-order valence-electron chi connectivity index (χ2n) is 10.4. The first-order chi connectivity index (χ1) is 14.4. The second kappa shape index (κ2) is 9.02. The van der Waals surface area contributed by atoms with Crippen molar-refractivity contribution < 1.29 is 9.47 Å². The third-order valence-electron chi connectivity index (χ3n) is 7.50. The number of hydrogen-bond donors (Lipinski definition) is 1. The Balaban J connectivity index is 1.50. The number of fused-ring (bicyclic) bond motifs is 1. The lowest BCUT2D eigenvalue weighted by Gasteiger charge is -2.45. The van der Waals surface area contributed by atoms with Crippen molar-refractivity contribution >= 4 is 0 Å². The van der Waals surface area contributed by atoms with E-state index in [2.05, 4.69) is 62.2 Å². The van der Waals surface area contributed by atoms with Crippen molar-refractivity contribution in [3.8, 4) is 0 Å². The average molecular weight is 413 g/mol. The molecule has 4 aliphatic rings. The maximum atomic E-state index is 6.11. The van der Waals surface area contributed by atoms with Crippen LogP contribution < -0.4 is 5.32 Å². The summed E-state index contributed by atoms with van der Waals surface area (Å²) in [4.78, 5) is 2.61. The molecule has 4 rings (SSSR count). The largest absolute Gasteiger partial charge is 0.498 e. The van der Waals surface area contributed by atoms with Crippen LogP contribution in [-0.4, -0.2) is 56.9 Å². The minimum atomic E-state index is 0.0735. The Morgan fingerprint density at radius 3 is 2.93 bits per heavy atom. The molecule has 4 nitrogen and oxygen atoms in total. The third kappa shape index (κ3) is 4.46. The highest BCUT2D eigenvalue weighted by molar-refractivity contribution is 5.36. The summed E-state index contributed by atoms with van der Waals surface area (Å²) in [6, 6.07) is 0.435. The molecule has 0 radical (unpaired) electrons. The monoisotopic (exact) mass is 412 g/mol. The number of hydrogen-bond acceptors (Lipinski definition) is 4. The zero-order valence-corrected chi connectivity index (χ0v) is 19.5. The van der Waals surface area contributed by atoms with E-state index in [4.69, 9.17) is 9.47 Å². The van der Waals surface area contributed by atoms with Gasteiger partial charge in [0.05, 0.1) is 7.11 Å². The van der Waals surface area contributed by atoms with Gasteiger partial charge in [0.15, 0.2) is 0 Å². The Hall–Kier alpha value is -1.36. The molecule has 2 fully saturated rings. The highest BCUT2D eigenvalue weighted by Crippen LogP contribution is 2.44. The fourth-order valence-electron chi connectivity index (χ4n) is 5.60. The average Bonchev–Trinajstić information content (AvgIpc) is 2.73. The summed E-state index contributed by atoms with van der Waals surface area (Å²) in [7, 11) is 1.78. The Labute approximate surface area is 183 Å². The van der Waals surface area contributed by atoms with Crippen LogP contribution in [0.1, 0.15) is 47.0 Å². The molecule has 166 valence electrons. The normalized spacial score (nSPS) is 32.0. The van der Waals surface area contributed by atoms with Gasteiger partial charge in [-0.05, 0) is 47.8 Å². The van der Waals surface area contributed by atoms with Crippen molar-refractivity contribution in [1.29, 1.82) is 0 Å². The maximum Gasteiger partial charge on any atom is 0.125 e. The lowest BCUT2D eigenvalue weighted by Crippen LogP contribution is -2.52. The number of ether oxygens (including phenoxy) is 2. The van der Waals surface area contributed by atoms with E-state index in [1.165, 1.54) is 24.0 Å². The number of rotatable bonds is 5. The molecule has 0 bridgehead atoms. The quantitative estimate of drug-likeness (QED) is 0.723. The smallest absolute Gasteiger partial charge is 0.125 e. The van der Waals surface area contributed by atoms with Gasteiger partial charge in [-0.1, -0.05) is 51.5 Å². The van der Waals surface area contributed by atoms with E-state index in [1.54, 1.807) is 12.7 Å². The molecule has 2 aliphatic carbocycles. The molecule has 0 aromatic heterocycles. The van der Waals surface area contributed by atoms with Gasteiger partial charge in [0.25, 0.3) is 0 Å². The molecule has 0 saturated carbocycles. The Morgan fingerprint density at radius 2 is 2.17 bits per heavy atom. The summed E-state index contributed by atoms with van der Waals surface area (Å²) in [5, 5.41) is 3.79. The van der Waals surface area contributed by atoms with Gasteiger partial charge in [0, 0.05) is 44.7 Å². The minimum Gasteiger partial charge on any atom is -0.498 e. The first-order valence-electron chi connectivity index (χ1n) is 11.8. The molecular formula is C26H40N2O2. The molecule has 0 aromatic carbocycles. The predicted molar refractivity (Wildman–Crippen MR) is 123 cm³/mol. The van der Waals surface area contributed by atoms with Gasteiger partial charge in [-0.3, -0.25) is 4.90 Å². The number of methoxy groups -OCH3 is 1. The predicted octanol–water partition coefficient (Wildman–Crippen LogP) is 4.46. The van der Waals surface area contributed by atoms with Gasteiger partial charge in [-0.25, -0.2) is 0 Å². The van der Waals surface area contributed by atoms with E-state index in [0.717, 1.165) is 45.0 Å². The van der Waals surface area contributed by atoms with E-state index >= 15 is 0 Å². The number of nitrogens with one attached hydrogen (secondary N) is 1. The fourth-order valence-corrected chi connectivity index (χ4v) is 5.60. The van der Waals surface area contributed by atoms with Crippen LogP contribution in [0.25, 0.3) is 0 Å². The van der Waals surface area contributed by atoms with Crippen LogP contribution in [-0.2, 0) is 9.47 Å².